The molecule has 2 aromatic rings. The van der Waals surface area contributed by atoms with E-state index in [9.17, 15) is 22.8 Å². The van der Waals surface area contributed by atoms with Crippen LogP contribution in [-0.4, -0.2) is 17.8 Å². The van der Waals surface area contributed by atoms with Crippen molar-refractivity contribution in [3.05, 3.63) is 65.2 Å². The zero-order valence-corrected chi connectivity index (χ0v) is 15.1. The van der Waals surface area contributed by atoms with Crippen LogP contribution in [0, 0.1) is 0 Å². The fourth-order valence-electron chi connectivity index (χ4n) is 2.44. The van der Waals surface area contributed by atoms with Crippen molar-refractivity contribution in [1.29, 1.82) is 0 Å². The summed E-state index contributed by atoms with van der Waals surface area (Å²) >= 11 is 0. The number of ketones is 1. The van der Waals surface area contributed by atoms with Crippen molar-refractivity contribution in [2.45, 2.75) is 39.1 Å². The number of carbonyl (C=O) groups is 2. The molecule has 144 valence electrons. The number of hydrogen-bond donors (Lipinski definition) is 1. The van der Waals surface area contributed by atoms with Crippen molar-refractivity contribution < 1.29 is 27.5 Å². The van der Waals surface area contributed by atoms with Crippen LogP contribution in [0.3, 0.4) is 0 Å². The molecule has 1 amide bonds. The van der Waals surface area contributed by atoms with Crippen LogP contribution < -0.4 is 10.1 Å². The summed E-state index contributed by atoms with van der Waals surface area (Å²) in [6.07, 6.45) is -5.34. The monoisotopic (exact) mass is 379 g/mol. The molecule has 0 unspecified atom stereocenters. The Morgan fingerprint density at radius 2 is 1.70 bits per heavy atom. The van der Waals surface area contributed by atoms with Crippen LogP contribution >= 0.6 is 0 Å². The van der Waals surface area contributed by atoms with Gasteiger partial charge in [-0.25, -0.2) is 0 Å². The molecule has 7 heteroatoms. The minimum absolute atomic E-state index is 0.129. The normalized spacial score (nSPS) is 13.6. The van der Waals surface area contributed by atoms with E-state index in [0.29, 0.717) is 16.9 Å². The first-order chi connectivity index (χ1) is 12.6. The van der Waals surface area contributed by atoms with Crippen LogP contribution in [0.2, 0.25) is 0 Å². The molecule has 2 rings (SSSR count). The minimum Gasteiger partial charge on any atom is -0.481 e. The van der Waals surface area contributed by atoms with Gasteiger partial charge in [-0.15, -0.1) is 0 Å². The van der Waals surface area contributed by atoms with Gasteiger partial charge in [-0.1, -0.05) is 24.3 Å². The highest BCUT2D eigenvalue weighted by molar-refractivity contribution is 5.94. The van der Waals surface area contributed by atoms with Gasteiger partial charge in [0.1, 0.15) is 5.75 Å². The quantitative estimate of drug-likeness (QED) is 0.749. The molecule has 1 N–H and O–H groups in total. The van der Waals surface area contributed by atoms with Gasteiger partial charge in [0.15, 0.2) is 11.9 Å². The maximum atomic E-state index is 12.8. The maximum Gasteiger partial charge on any atom is 0.416 e. The third-order valence-electron chi connectivity index (χ3n) is 4.00. The highest BCUT2D eigenvalue weighted by Crippen LogP contribution is 2.30. The molecule has 0 spiro atoms. The van der Waals surface area contributed by atoms with Crippen LogP contribution in [0.4, 0.5) is 13.2 Å². The van der Waals surface area contributed by atoms with E-state index in [1.165, 1.54) is 32.0 Å². The minimum atomic E-state index is -4.45. The molecule has 0 fully saturated rings. The molecule has 0 aliphatic heterocycles. The smallest absolute Gasteiger partial charge is 0.416 e. The fraction of sp³-hybridized carbons (Fsp3) is 0.300. The molecule has 0 heterocycles. The molecule has 0 aliphatic rings. The molecular formula is C20H20F3NO3. The number of benzene rings is 2. The van der Waals surface area contributed by atoms with Gasteiger partial charge in [-0.05, 0) is 50.6 Å². The lowest BCUT2D eigenvalue weighted by molar-refractivity contribution is -0.137. The van der Waals surface area contributed by atoms with Gasteiger partial charge >= 0.3 is 6.18 Å². The maximum absolute atomic E-state index is 12.8. The van der Waals surface area contributed by atoms with E-state index < -0.39 is 29.8 Å². The molecule has 0 aliphatic carbocycles. The second-order valence-corrected chi connectivity index (χ2v) is 6.20. The molecule has 27 heavy (non-hydrogen) atoms. The third kappa shape index (κ3) is 5.57. The number of rotatable bonds is 6. The average Bonchev–Trinajstić information content (AvgIpc) is 2.61. The number of amides is 1. The Bertz CT molecular complexity index is 833. The Labute approximate surface area is 155 Å². The van der Waals surface area contributed by atoms with Crippen molar-refractivity contribution in [2.75, 3.05) is 0 Å². The van der Waals surface area contributed by atoms with Gasteiger partial charge < -0.3 is 10.1 Å². The van der Waals surface area contributed by atoms with E-state index in [2.05, 4.69) is 5.32 Å². The number of Topliss-reactive ketones (excluding diaryl/α,β-unsaturated/α-hetero) is 1. The van der Waals surface area contributed by atoms with Crippen LogP contribution in [0.1, 0.15) is 48.3 Å². The van der Waals surface area contributed by atoms with Gasteiger partial charge in [0, 0.05) is 5.56 Å². The first kappa shape index (κ1) is 20.5. The van der Waals surface area contributed by atoms with E-state index in [1.807, 2.05) is 0 Å². The standard InChI is InChI=1S/C20H20F3NO3/c1-12(15-6-4-8-17(10-15)20(21,22)23)24-19(26)14(3)27-18-9-5-7-16(11-18)13(2)25/h4-12,14H,1-3H3,(H,24,26)/t12-,14-/m0/s1. The largest absolute Gasteiger partial charge is 0.481 e. The molecule has 2 aromatic carbocycles. The Kier molecular flexibility index (Phi) is 6.25. The second-order valence-electron chi connectivity index (χ2n) is 6.20. The van der Waals surface area contributed by atoms with E-state index in [4.69, 9.17) is 4.74 Å². The first-order valence-corrected chi connectivity index (χ1v) is 8.33. The van der Waals surface area contributed by atoms with Crippen molar-refractivity contribution in [1.82, 2.24) is 5.32 Å². The lowest BCUT2D eigenvalue weighted by Crippen LogP contribution is -2.37. The molecule has 0 aromatic heterocycles. The van der Waals surface area contributed by atoms with Crippen LogP contribution in [0.15, 0.2) is 48.5 Å². The molecule has 0 radical (unpaired) electrons. The van der Waals surface area contributed by atoms with Gasteiger partial charge in [0.25, 0.3) is 5.91 Å². The van der Waals surface area contributed by atoms with E-state index >= 15 is 0 Å². The predicted octanol–water partition coefficient (Wildman–Crippen LogP) is 4.55. The van der Waals surface area contributed by atoms with Crippen molar-refractivity contribution >= 4 is 11.7 Å². The van der Waals surface area contributed by atoms with E-state index in [1.54, 1.807) is 25.1 Å². The van der Waals surface area contributed by atoms with Gasteiger partial charge in [0.05, 0.1) is 11.6 Å². The van der Waals surface area contributed by atoms with Gasteiger partial charge in [0.2, 0.25) is 0 Å². The Morgan fingerprint density at radius 1 is 1.04 bits per heavy atom. The zero-order chi connectivity index (χ0) is 20.2. The van der Waals surface area contributed by atoms with E-state index in [0.717, 1.165) is 12.1 Å². The summed E-state index contributed by atoms with van der Waals surface area (Å²) in [5.41, 5.74) is 0.0211. The molecule has 2 atom stereocenters. The predicted molar refractivity (Wildman–Crippen MR) is 94.5 cm³/mol. The fourth-order valence-corrected chi connectivity index (χ4v) is 2.44. The SMILES string of the molecule is CC(=O)c1cccc(O[C@@H](C)C(=O)N[C@@H](C)c2cccc(C(F)(F)F)c2)c1. The third-order valence-corrected chi connectivity index (χ3v) is 4.00. The molecule has 0 bridgehead atoms. The summed E-state index contributed by atoms with van der Waals surface area (Å²) in [6.45, 7) is 4.54. The summed E-state index contributed by atoms with van der Waals surface area (Å²) in [5, 5.41) is 2.63. The number of carbonyl (C=O) groups excluding carboxylic acids is 2. The van der Waals surface area contributed by atoms with Crippen molar-refractivity contribution in [3.63, 3.8) is 0 Å². The Hall–Kier alpha value is -2.83. The highest BCUT2D eigenvalue weighted by Gasteiger charge is 2.31. The summed E-state index contributed by atoms with van der Waals surface area (Å²) in [4.78, 5) is 23.7. The lowest BCUT2D eigenvalue weighted by atomic mass is 10.0. The highest BCUT2D eigenvalue weighted by atomic mass is 19.4. The van der Waals surface area contributed by atoms with Crippen LogP contribution in [0.25, 0.3) is 0 Å². The van der Waals surface area contributed by atoms with Gasteiger partial charge in [-0.3, -0.25) is 9.59 Å². The van der Waals surface area contributed by atoms with E-state index in [-0.39, 0.29) is 5.78 Å². The number of hydrogen-bond acceptors (Lipinski definition) is 3. The van der Waals surface area contributed by atoms with Crippen molar-refractivity contribution in [2.24, 2.45) is 0 Å². The number of ether oxygens (including phenoxy) is 1. The molecule has 0 saturated heterocycles. The molecule has 4 nitrogen and oxygen atoms in total. The summed E-state index contributed by atoms with van der Waals surface area (Å²) in [6, 6.07) is 10.6. The zero-order valence-electron chi connectivity index (χ0n) is 15.1. The van der Waals surface area contributed by atoms with Crippen LogP contribution in [0.5, 0.6) is 5.75 Å². The summed E-state index contributed by atoms with van der Waals surface area (Å²) in [5.74, 6) is -0.249. The van der Waals surface area contributed by atoms with Crippen molar-refractivity contribution in [3.8, 4) is 5.75 Å². The molecule has 0 saturated carbocycles. The number of halogens is 3. The number of alkyl halides is 3. The average molecular weight is 379 g/mol. The Balaban J connectivity index is 2.04. The second kappa shape index (κ2) is 8.24. The molecular weight excluding hydrogens is 359 g/mol. The number of nitrogens with one attached hydrogen (secondary N) is 1. The van der Waals surface area contributed by atoms with Crippen LogP contribution in [-0.2, 0) is 11.0 Å². The topological polar surface area (TPSA) is 55.4 Å². The summed E-state index contributed by atoms with van der Waals surface area (Å²) < 4.78 is 44.0. The first-order valence-electron chi connectivity index (χ1n) is 8.33. The lowest BCUT2D eigenvalue weighted by Gasteiger charge is -2.20. The summed E-state index contributed by atoms with van der Waals surface area (Å²) in [7, 11) is 0. The van der Waals surface area contributed by atoms with Gasteiger partial charge in [-0.2, -0.15) is 13.2 Å². The Morgan fingerprint density at radius 3 is 2.33 bits per heavy atom.